The molecule has 0 radical (unpaired) electrons. The van der Waals surface area contributed by atoms with Crippen molar-refractivity contribution in [2.24, 2.45) is 0 Å². The first-order valence-electron chi connectivity index (χ1n) is 9.90. The second-order valence-electron chi connectivity index (χ2n) is 7.28. The Balaban J connectivity index is 1.80. The number of hydrogen-bond donors (Lipinski definition) is 2. The van der Waals surface area contributed by atoms with E-state index in [1.54, 1.807) is 24.5 Å². The summed E-state index contributed by atoms with van der Waals surface area (Å²) in [5, 5.41) is 5.01. The summed E-state index contributed by atoms with van der Waals surface area (Å²) >= 11 is 0. The van der Waals surface area contributed by atoms with Crippen LogP contribution in [0.3, 0.4) is 0 Å². The molecule has 0 aliphatic heterocycles. The topological polar surface area (TPSA) is 80.3 Å². The van der Waals surface area contributed by atoms with Crippen molar-refractivity contribution in [3.8, 4) is 5.75 Å². The third-order valence-corrected chi connectivity index (χ3v) is 4.89. The van der Waals surface area contributed by atoms with E-state index >= 15 is 0 Å². The molecule has 1 atom stereocenters. The molecule has 2 amide bonds. The van der Waals surface area contributed by atoms with E-state index in [-0.39, 0.29) is 5.56 Å². The van der Waals surface area contributed by atoms with Crippen molar-refractivity contribution in [1.82, 2.24) is 15.6 Å². The number of aromatic nitrogens is 1. The molecule has 0 spiro atoms. The molecule has 1 aromatic heterocycles. The zero-order valence-corrected chi connectivity index (χ0v) is 17.9. The minimum absolute atomic E-state index is 0.126. The van der Waals surface area contributed by atoms with Gasteiger partial charge >= 0.3 is 0 Å². The zero-order chi connectivity index (χ0) is 23.3. The molecule has 2 N–H and O–H groups in total. The van der Waals surface area contributed by atoms with E-state index in [1.165, 1.54) is 13.1 Å². The van der Waals surface area contributed by atoms with Crippen LogP contribution in [-0.4, -0.2) is 23.8 Å². The van der Waals surface area contributed by atoms with Crippen LogP contribution in [-0.2, 0) is 11.4 Å². The highest BCUT2D eigenvalue weighted by molar-refractivity contribution is 5.98. The van der Waals surface area contributed by atoms with Crippen LogP contribution in [0.25, 0.3) is 0 Å². The number of rotatable bonds is 7. The van der Waals surface area contributed by atoms with E-state index in [0.717, 1.165) is 28.8 Å². The number of nitrogens with zero attached hydrogens (tertiary/aromatic N) is 1. The molecule has 0 aliphatic rings. The van der Waals surface area contributed by atoms with Crippen LogP contribution in [0.15, 0.2) is 54.9 Å². The van der Waals surface area contributed by atoms with Gasteiger partial charge in [0.15, 0.2) is 11.6 Å². The number of aryl methyl sites for hydroxylation is 2. The molecule has 0 saturated carbocycles. The van der Waals surface area contributed by atoms with Crippen LogP contribution in [0.1, 0.15) is 38.7 Å². The Bertz CT molecular complexity index is 1110. The number of halogens is 2. The molecule has 0 bridgehead atoms. The molecule has 2 aromatic carbocycles. The number of ether oxygens (including phenoxy) is 1. The summed E-state index contributed by atoms with van der Waals surface area (Å²) in [6, 6.07) is 8.88. The van der Waals surface area contributed by atoms with Crippen molar-refractivity contribution < 1.29 is 23.1 Å². The van der Waals surface area contributed by atoms with E-state index in [9.17, 15) is 18.4 Å². The highest BCUT2D eigenvalue weighted by atomic mass is 19.2. The lowest BCUT2D eigenvalue weighted by Gasteiger charge is -2.19. The second-order valence-corrected chi connectivity index (χ2v) is 7.28. The van der Waals surface area contributed by atoms with E-state index < -0.39 is 29.5 Å². The smallest absolute Gasteiger partial charge is 0.252 e. The Labute approximate surface area is 184 Å². The van der Waals surface area contributed by atoms with Crippen molar-refractivity contribution in [2.45, 2.75) is 26.5 Å². The van der Waals surface area contributed by atoms with Crippen molar-refractivity contribution in [2.75, 3.05) is 7.05 Å². The fourth-order valence-corrected chi connectivity index (χ4v) is 3.30. The predicted molar refractivity (Wildman–Crippen MR) is 115 cm³/mol. The van der Waals surface area contributed by atoms with Gasteiger partial charge in [0.1, 0.15) is 18.4 Å². The molecule has 0 saturated heterocycles. The van der Waals surface area contributed by atoms with Gasteiger partial charge in [-0.25, -0.2) is 8.78 Å². The summed E-state index contributed by atoms with van der Waals surface area (Å²) in [6.45, 7) is 3.96. The van der Waals surface area contributed by atoms with E-state index in [1.807, 2.05) is 26.0 Å². The van der Waals surface area contributed by atoms with Crippen molar-refractivity contribution in [3.63, 3.8) is 0 Å². The van der Waals surface area contributed by atoms with Gasteiger partial charge in [0.05, 0.1) is 0 Å². The van der Waals surface area contributed by atoms with Crippen molar-refractivity contribution in [1.29, 1.82) is 0 Å². The molecule has 3 rings (SSSR count). The lowest BCUT2D eigenvalue weighted by atomic mass is 10.0. The van der Waals surface area contributed by atoms with Gasteiger partial charge < -0.3 is 15.4 Å². The minimum atomic E-state index is -1.19. The van der Waals surface area contributed by atoms with Crippen LogP contribution < -0.4 is 15.4 Å². The summed E-state index contributed by atoms with van der Waals surface area (Å²) in [6.07, 6.45) is 3.39. The normalized spacial score (nSPS) is 11.5. The number of nitrogens with one attached hydrogen (secondary N) is 2. The highest BCUT2D eigenvalue weighted by Gasteiger charge is 2.24. The average molecular weight is 439 g/mol. The number of pyridine rings is 1. The quantitative estimate of drug-likeness (QED) is 0.587. The van der Waals surface area contributed by atoms with Gasteiger partial charge in [0, 0.05) is 30.6 Å². The Morgan fingerprint density at radius 3 is 2.38 bits per heavy atom. The summed E-state index contributed by atoms with van der Waals surface area (Å²) in [5.41, 5.74) is 2.83. The minimum Gasteiger partial charge on any atom is -0.488 e. The van der Waals surface area contributed by atoms with Crippen molar-refractivity contribution in [3.05, 3.63) is 94.3 Å². The number of amides is 2. The van der Waals surface area contributed by atoms with Crippen LogP contribution in [0.4, 0.5) is 8.78 Å². The summed E-state index contributed by atoms with van der Waals surface area (Å²) < 4.78 is 32.9. The molecule has 166 valence electrons. The van der Waals surface area contributed by atoms with Gasteiger partial charge in [0.2, 0.25) is 5.91 Å². The standard InChI is InChI=1S/C24H23F2N3O3/c1-14-9-18(10-15(2)22(14)32-13-16-5-4-8-28-12-16)23(30)29-21(24(31)27-3)17-6-7-19(25)20(26)11-17/h4-12,21H,13H2,1-3H3,(H,27,31)(H,29,30). The molecule has 3 aromatic rings. The van der Waals surface area contributed by atoms with Crippen LogP contribution in [0.5, 0.6) is 5.75 Å². The van der Waals surface area contributed by atoms with E-state index in [4.69, 9.17) is 4.74 Å². The first-order valence-corrected chi connectivity index (χ1v) is 9.90. The lowest BCUT2D eigenvalue weighted by Crippen LogP contribution is -2.39. The van der Waals surface area contributed by atoms with Gasteiger partial charge in [-0.1, -0.05) is 12.1 Å². The summed E-state index contributed by atoms with van der Waals surface area (Å²) in [4.78, 5) is 29.3. The second kappa shape index (κ2) is 10.00. The van der Waals surface area contributed by atoms with Gasteiger partial charge in [-0.15, -0.1) is 0 Å². The average Bonchev–Trinajstić information content (AvgIpc) is 2.78. The molecule has 32 heavy (non-hydrogen) atoms. The first-order chi connectivity index (χ1) is 15.3. The van der Waals surface area contributed by atoms with E-state index in [2.05, 4.69) is 15.6 Å². The van der Waals surface area contributed by atoms with Gasteiger partial charge in [-0.3, -0.25) is 14.6 Å². The maximum atomic E-state index is 13.7. The van der Waals surface area contributed by atoms with Gasteiger partial charge in [-0.2, -0.15) is 0 Å². The predicted octanol–water partition coefficient (Wildman–Crippen LogP) is 3.77. The summed E-state index contributed by atoms with van der Waals surface area (Å²) in [5.74, 6) is -2.59. The Kier molecular flexibility index (Phi) is 7.14. The fourth-order valence-electron chi connectivity index (χ4n) is 3.30. The maximum absolute atomic E-state index is 13.7. The first kappa shape index (κ1) is 22.9. The van der Waals surface area contributed by atoms with Gasteiger partial charge in [0.25, 0.3) is 5.91 Å². The lowest BCUT2D eigenvalue weighted by molar-refractivity contribution is -0.122. The zero-order valence-electron chi connectivity index (χ0n) is 17.9. The van der Waals surface area contributed by atoms with Gasteiger partial charge in [-0.05, 0) is 60.9 Å². The Morgan fingerprint density at radius 2 is 1.78 bits per heavy atom. The molecule has 1 unspecified atom stereocenters. The maximum Gasteiger partial charge on any atom is 0.252 e. The SMILES string of the molecule is CNC(=O)C(NC(=O)c1cc(C)c(OCc2cccnc2)c(C)c1)c1ccc(F)c(F)c1. The third kappa shape index (κ3) is 5.26. The Morgan fingerprint density at radius 1 is 1.06 bits per heavy atom. The largest absolute Gasteiger partial charge is 0.488 e. The number of carbonyl (C=O) groups is 2. The fraction of sp³-hybridized carbons (Fsp3) is 0.208. The van der Waals surface area contributed by atoms with E-state index in [0.29, 0.717) is 17.9 Å². The molecular weight excluding hydrogens is 416 g/mol. The molecule has 6 nitrogen and oxygen atoms in total. The molecule has 8 heteroatoms. The third-order valence-electron chi connectivity index (χ3n) is 4.89. The van der Waals surface area contributed by atoms with Crippen LogP contribution in [0, 0.1) is 25.5 Å². The van der Waals surface area contributed by atoms with Crippen LogP contribution in [0.2, 0.25) is 0 Å². The number of hydrogen-bond acceptors (Lipinski definition) is 4. The molecule has 0 fully saturated rings. The summed E-state index contributed by atoms with van der Waals surface area (Å²) in [7, 11) is 1.39. The molecule has 1 heterocycles. The Hall–Kier alpha value is -3.81. The molecule has 0 aliphatic carbocycles. The number of carbonyl (C=O) groups excluding carboxylic acids is 2. The molecular formula is C24H23F2N3O3. The monoisotopic (exact) mass is 439 g/mol. The number of benzene rings is 2. The number of likely N-dealkylation sites (N-methyl/N-ethyl adjacent to an activating group) is 1. The van der Waals surface area contributed by atoms with Crippen molar-refractivity contribution >= 4 is 11.8 Å². The van der Waals surface area contributed by atoms with Crippen LogP contribution >= 0.6 is 0 Å². The highest BCUT2D eigenvalue weighted by Crippen LogP contribution is 2.26.